The van der Waals surface area contributed by atoms with E-state index in [9.17, 15) is 12.8 Å². The maximum absolute atomic E-state index is 13.2. The highest BCUT2D eigenvalue weighted by Crippen LogP contribution is 2.17. The Hall–Kier alpha value is -1.18. The van der Waals surface area contributed by atoms with Crippen LogP contribution in [0.5, 0.6) is 0 Å². The van der Waals surface area contributed by atoms with Crippen LogP contribution in [0, 0.1) is 5.82 Å². The Labute approximate surface area is 105 Å². The summed E-state index contributed by atoms with van der Waals surface area (Å²) in [5, 5.41) is 0. The smallest absolute Gasteiger partial charge is 0.241 e. The lowest BCUT2D eigenvalue weighted by atomic mass is 10.1. The average Bonchev–Trinajstić information content (AvgIpc) is 2.33. The van der Waals surface area contributed by atoms with Crippen LogP contribution in [0.2, 0.25) is 0 Å². The van der Waals surface area contributed by atoms with Gasteiger partial charge in [-0.15, -0.1) is 0 Å². The van der Waals surface area contributed by atoms with E-state index >= 15 is 0 Å². The number of hydrogen-bond donors (Lipinski definition) is 2. The Bertz CT molecular complexity index is 527. The molecule has 7 heteroatoms. The molecule has 1 aliphatic heterocycles. The first-order valence-corrected chi connectivity index (χ1v) is 7.12. The molecule has 1 atom stereocenters. The third-order valence-corrected chi connectivity index (χ3v) is 4.28. The topological polar surface area (TPSA) is 81.4 Å². The van der Waals surface area contributed by atoms with Crippen molar-refractivity contribution in [1.29, 1.82) is 0 Å². The van der Waals surface area contributed by atoms with Gasteiger partial charge in [0.2, 0.25) is 10.0 Å². The number of anilines is 1. The van der Waals surface area contributed by atoms with Crippen LogP contribution in [-0.4, -0.2) is 27.7 Å². The van der Waals surface area contributed by atoms with Crippen LogP contribution in [0.1, 0.15) is 12.8 Å². The molecular formula is C11H15FN2O3S. The minimum Gasteiger partial charge on any atom is -0.396 e. The number of nitrogens with one attached hydrogen (secondary N) is 1. The largest absolute Gasteiger partial charge is 0.396 e. The zero-order valence-corrected chi connectivity index (χ0v) is 10.5. The number of nitrogens with two attached hydrogens (primary N) is 1. The van der Waals surface area contributed by atoms with Crippen LogP contribution in [0.3, 0.4) is 0 Å². The van der Waals surface area contributed by atoms with Gasteiger partial charge in [0, 0.05) is 12.6 Å². The summed E-state index contributed by atoms with van der Waals surface area (Å²) in [5.41, 5.74) is 5.23. The van der Waals surface area contributed by atoms with Crippen LogP contribution in [-0.2, 0) is 14.8 Å². The number of halogens is 1. The van der Waals surface area contributed by atoms with Gasteiger partial charge in [-0.1, -0.05) is 0 Å². The second kappa shape index (κ2) is 5.21. The van der Waals surface area contributed by atoms with Gasteiger partial charge in [-0.2, -0.15) is 0 Å². The summed E-state index contributed by atoms with van der Waals surface area (Å²) in [4.78, 5) is -0.125. The van der Waals surface area contributed by atoms with E-state index in [1.807, 2.05) is 0 Å². The molecule has 0 amide bonds. The number of nitrogen functional groups attached to an aromatic ring is 1. The van der Waals surface area contributed by atoms with E-state index in [2.05, 4.69) is 4.72 Å². The first-order valence-electron chi connectivity index (χ1n) is 5.64. The highest BCUT2D eigenvalue weighted by atomic mass is 32.2. The summed E-state index contributed by atoms with van der Waals surface area (Å²) >= 11 is 0. The fourth-order valence-electron chi connectivity index (χ4n) is 1.80. The molecule has 1 unspecified atom stereocenters. The number of benzene rings is 1. The van der Waals surface area contributed by atoms with Gasteiger partial charge in [-0.25, -0.2) is 17.5 Å². The van der Waals surface area contributed by atoms with Gasteiger partial charge in [0.15, 0.2) is 0 Å². The van der Waals surface area contributed by atoms with Crippen molar-refractivity contribution in [2.24, 2.45) is 0 Å². The molecule has 5 nitrogen and oxygen atoms in total. The molecule has 0 aliphatic carbocycles. The first-order chi connectivity index (χ1) is 8.49. The molecule has 0 spiro atoms. The second-order valence-corrected chi connectivity index (χ2v) is 5.93. The Balaban J connectivity index is 2.16. The van der Waals surface area contributed by atoms with E-state index in [1.54, 1.807) is 0 Å². The average molecular weight is 274 g/mol. The predicted octanol–water partition coefficient (Wildman–Crippen LogP) is 0.865. The third kappa shape index (κ3) is 2.98. The van der Waals surface area contributed by atoms with Crippen molar-refractivity contribution in [2.45, 2.75) is 23.8 Å². The maximum Gasteiger partial charge on any atom is 0.241 e. The quantitative estimate of drug-likeness (QED) is 0.801. The lowest BCUT2D eigenvalue weighted by Gasteiger charge is -2.23. The molecule has 0 aromatic heterocycles. The minimum absolute atomic E-state index is 0.0741. The standard InChI is InChI=1S/C11H15FN2O3S/c12-10-6-9(3-4-11(10)13)18(15,16)14-8-2-1-5-17-7-8/h3-4,6,8,14H,1-2,5,7,13H2. The molecule has 1 saturated heterocycles. The Morgan fingerprint density at radius 1 is 1.44 bits per heavy atom. The minimum atomic E-state index is -3.72. The third-order valence-electron chi connectivity index (χ3n) is 2.76. The van der Waals surface area contributed by atoms with Gasteiger partial charge >= 0.3 is 0 Å². The molecule has 0 saturated carbocycles. The highest BCUT2D eigenvalue weighted by Gasteiger charge is 2.22. The Morgan fingerprint density at radius 2 is 2.22 bits per heavy atom. The normalized spacial score (nSPS) is 20.8. The molecule has 18 heavy (non-hydrogen) atoms. The maximum atomic E-state index is 13.2. The SMILES string of the molecule is Nc1ccc(S(=O)(=O)NC2CCCOC2)cc1F. The lowest BCUT2D eigenvalue weighted by Crippen LogP contribution is -2.40. The molecule has 100 valence electrons. The predicted molar refractivity (Wildman–Crippen MR) is 65.0 cm³/mol. The number of sulfonamides is 1. The summed E-state index contributed by atoms with van der Waals surface area (Å²) < 4.78 is 44.9. The van der Waals surface area contributed by atoms with E-state index in [0.717, 1.165) is 18.9 Å². The fourth-order valence-corrected chi connectivity index (χ4v) is 3.06. The summed E-state index contributed by atoms with van der Waals surface area (Å²) in [6, 6.07) is 3.18. The lowest BCUT2D eigenvalue weighted by molar-refractivity contribution is 0.0774. The number of hydrogen-bond acceptors (Lipinski definition) is 4. The van der Waals surface area contributed by atoms with Crippen molar-refractivity contribution in [1.82, 2.24) is 4.72 Å². The number of rotatable bonds is 3. The van der Waals surface area contributed by atoms with Crippen LogP contribution >= 0.6 is 0 Å². The van der Waals surface area contributed by atoms with Crippen molar-refractivity contribution in [3.63, 3.8) is 0 Å². The molecule has 0 radical (unpaired) electrons. The van der Waals surface area contributed by atoms with E-state index in [1.165, 1.54) is 12.1 Å². The molecule has 1 aliphatic rings. The van der Waals surface area contributed by atoms with Gasteiger partial charge in [0.1, 0.15) is 5.82 Å². The van der Waals surface area contributed by atoms with Crippen molar-refractivity contribution in [3.05, 3.63) is 24.0 Å². The molecule has 1 heterocycles. The van der Waals surface area contributed by atoms with E-state index in [0.29, 0.717) is 13.2 Å². The van der Waals surface area contributed by atoms with Crippen LogP contribution in [0.15, 0.2) is 23.1 Å². The zero-order valence-electron chi connectivity index (χ0n) is 9.73. The molecular weight excluding hydrogens is 259 g/mol. The fraction of sp³-hybridized carbons (Fsp3) is 0.455. The zero-order chi connectivity index (χ0) is 13.2. The molecule has 0 bridgehead atoms. The van der Waals surface area contributed by atoms with E-state index < -0.39 is 15.8 Å². The van der Waals surface area contributed by atoms with Crippen LogP contribution in [0.4, 0.5) is 10.1 Å². The van der Waals surface area contributed by atoms with Crippen molar-refractivity contribution >= 4 is 15.7 Å². The van der Waals surface area contributed by atoms with Gasteiger partial charge in [0.25, 0.3) is 0 Å². The van der Waals surface area contributed by atoms with Crippen LogP contribution < -0.4 is 10.5 Å². The second-order valence-electron chi connectivity index (χ2n) is 4.22. The molecule has 1 aromatic rings. The monoisotopic (exact) mass is 274 g/mol. The van der Waals surface area contributed by atoms with Crippen molar-refractivity contribution in [2.75, 3.05) is 18.9 Å². The molecule has 1 fully saturated rings. The van der Waals surface area contributed by atoms with Gasteiger partial charge in [-0.3, -0.25) is 0 Å². The van der Waals surface area contributed by atoms with E-state index in [-0.39, 0.29) is 16.6 Å². The van der Waals surface area contributed by atoms with E-state index in [4.69, 9.17) is 10.5 Å². The first kappa shape index (κ1) is 13.3. The highest BCUT2D eigenvalue weighted by molar-refractivity contribution is 7.89. The van der Waals surface area contributed by atoms with Gasteiger partial charge < -0.3 is 10.5 Å². The van der Waals surface area contributed by atoms with Crippen LogP contribution in [0.25, 0.3) is 0 Å². The summed E-state index contributed by atoms with van der Waals surface area (Å²) in [6.45, 7) is 0.991. The number of ether oxygens (including phenoxy) is 1. The molecule has 3 N–H and O–H groups in total. The van der Waals surface area contributed by atoms with Gasteiger partial charge in [0.05, 0.1) is 17.2 Å². The van der Waals surface area contributed by atoms with Crippen molar-refractivity contribution < 1.29 is 17.5 Å². The molecule has 2 rings (SSSR count). The summed E-state index contributed by atoms with van der Waals surface area (Å²) in [5.74, 6) is -0.738. The Morgan fingerprint density at radius 3 is 2.83 bits per heavy atom. The Kier molecular flexibility index (Phi) is 3.84. The summed E-state index contributed by atoms with van der Waals surface area (Å²) in [6.07, 6.45) is 1.53. The summed E-state index contributed by atoms with van der Waals surface area (Å²) in [7, 11) is -3.72. The van der Waals surface area contributed by atoms with Crippen molar-refractivity contribution in [3.8, 4) is 0 Å². The molecule has 1 aromatic carbocycles. The van der Waals surface area contributed by atoms with Gasteiger partial charge in [-0.05, 0) is 31.0 Å².